The van der Waals surface area contributed by atoms with Crippen LogP contribution < -0.4 is 5.32 Å². The Hall–Kier alpha value is -1.05. The van der Waals surface area contributed by atoms with Gasteiger partial charge in [-0.2, -0.15) is 0 Å². The van der Waals surface area contributed by atoms with Crippen molar-refractivity contribution in [1.82, 2.24) is 5.32 Å². The van der Waals surface area contributed by atoms with Gasteiger partial charge in [0.1, 0.15) is 0 Å². The Balaban J connectivity index is 2.20. The van der Waals surface area contributed by atoms with Crippen LogP contribution in [-0.4, -0.2) is 12.5 Å². The fourth-order valence-electron chi connectivity index (χ4n) is 0.876. The van der Waals surface area contributed by atoms with Crippen LogP contribution in [0.25, 0.3) is 0 Å². The third-order valence-corrected chi connectivity index (χ3v) is 1.41. The molecule has 0 radical (unpaired) electrons. The normalized spacial score (nSPS) is 16.1. The second kappa shape index (κ2) is 3.20. The summed E-state index contributed by atoms with van der Waals surface area (Å²) in [5.41, 5.74) is 0. The van der Waals surface area contributed by atoms with E-state index in [4.69, 9.17) is 0 Å². The molecule has 0 atom stereocenters. The second-order valence-corrected chi connectivity index (χ2v) is 2.37. The van der Waals surface area contributed by atoms with Gasteiger partial charge in [-0.05, 0) is 0 Å². The van der Waals surface area contributed by atoms with Crippen LogP contribution in [-0.2, 0) is 4.79 Å². The molecular formula is C8H11NO. The first-order valence-electron chi connectivity index (χ1n) is 3.38. The highest BCUT2D eigenvalue weighted by molar-refractivity contribution is 5.72. The number of nitrogens with one attached hydrogen (secondary N) is 1. The van der Waals surface area contributed by atoms with Gasteiger partial charge in [-0.25, -0.2) is 0 Å². The van der Waals surface area contributed by atoms with E-state index >= 15 is 0 Å². The van der Waals surface area contributed by atoms with Gasteiger partial charge >= 0.3 is 0 Å². The molecule has 0 saturated heterocycles. The molecule has 0 bridgehead atoms. The summed E-state index contributed by atoms with van der Waals surface area (Å²) in [5, 5.41) is 2.75. The highest BCUT2D eigenvalue weighted by atomic mass is 16.1. The maximum atomic E-state index is 10.4. The van der Waals surface area contributed by atoms with E-state index in [1.165, 1.54) is 6.92 Å². The zero-order chi connectivity index (χ0) is 7.40. The van der Waals surface area contributed by atoms with E-state index in [0.29, 0.717) is 5.92 Å². The van der Waals surface area contributed by atoms with Crippen molar-refractivity contribution in [3.8, 4) is 0 Å². The molecule has 2 heteroatoms. The van der Waals surface area contributed by atoms with E-state index in [0.717, 1.165) is 6.54 Å². The first-order valence-corrected chi connectivity index (χ1v) is 3.38. The van der Waals surface area contributed by atoms with Gasteiger partial charge in [0, 0.05) is 19.4 Å². The molecule has 1 rings (SSSR count). The van der Waals surface area contributed by atoms with Gasteiger partial charge in [-0.3, -0.25) is 4.79 Å². The second-order valence-electron chi connectivity index (χ2n) is 2.37. The summed E-state index contributed by atoms with van der Waals surface area (Å²) in [5.74, 6) is 0.442. The van der Waals surface area contributed by atoms with E-state index < -0.39 is 0 Å². The number of amides is 1. The predicted molar refractivity (Wildman–Crippen MR) is 40.5 cm³/mol. The van der Waals surface area contributed by atoms with Gasteiger partial charge in [-0.15, -0.1) is 0 Å². The Bertz CT molecular complexity index is 170. The van der Waals surface area contributed by atoms with E-state index in [9.17, 15) is 4.79 Å². The van der Waals surface area contributed by atoms with Gasteiger partial charge in [0.15, 0.2) is 0 Å². The first kappa shape index (κ1) is 7.06. The first-order chi connectivity index (χ1) is 4.79. The largest absolute Gasteiger partial charge is 0.355 e. The molecule has 10 heavy (non-hydrogen) atoms. The van der Waals surface area contributed by atoms with Crippen LogP contribution in [0.3, 0.4) is 0 Å². The van der Waals surface area contributed by atoms with E-state index in [1.54, 1.807) is 0 Å². The van der Waals surface area contributed by atoms with Crippen molar-refractivity contribution in [2.75, 3.05) is 6.54 Å². The average Bonchev–Trinajstić information content (AvgIpc) is 2.34. The summed E-state index contributed by atoms with van der Waals surface area (Å²) in [7, 11) is 0. The molecule has 1 aliphatic carbocycles. The molecule has 2 nitrogen and oxygen atoms in total. The molecule has 0 saturated carbocycles. The smallest absolute Gasteiger partial charge is 0.216 e. The predicted octanol–water partition coefficient (Wildman–Crippen LogP) is 0.865. The van der Waals surface area contributed by atoms with Crippen molar-refractivity contribution < 1.29 is 4.79 Å². The summed E-state index contributed by atoms with van der Waals surface area (Å²) in [6, 6.07) is 0. The Morgan fingerprint density at radius 1 is 1.50 bits per heavy atom. The Kier molecular flexibility index (Phi) is 2.26. The minimum atomic E-state index is 0.0358. The molecule has 0 heterocycles. The van der Waals surface area contributed by atoms with Crippen molar-refractivity contribution in [1.29, 1.82) is 0 Å². The Morgan fingerprint density at radius 2 is 2.10 bits per heavy atom. The van der Waals surface area contributed by atoms with Crippen LogP contribution in [0, 0.1) is 5.92 Å². The minimum Gasteiger partial charge on any atom is -0.355 e. The van der Waals surface area contributed by atoms with Crippen molar-refractivity contribution in [2.24, 2.45) is 5.92 Å². The summed E-state index contributed by atoms with van der Waals surface area (Å²) < 4.78 is 0. The lowest BCUT2D eigenvalue weighted by Crippen LogP contribution is -2.24. The summed E-state index contributed by atoms with van der Waals surface area (Å²) in [6.45, 7) is 2.25. The molecule has 0 aromatic rings. The van der Waals surface area contributed by atoms with Crippen molar-refractivity contribution in [3.05, 3.63) is 24.3 Å². The molecule has 1 aliphatic rings. The Labute approximate surface area is 60.6 Å². The number of rotatable bonds is 2. The average molecular weight is 137 g/mol. The monoisotopic (exact) mass is 137 g/mol. The maximum absolute atomic E-state index is 10.4. The highest BCUT2D eigenvalue weighted by Gasteiger charge is 2.02. The van der Waals surface area contributed by atoms with Gasteiger partial charge in [0.2, 0.25) is 5.91 Å². The number of hydrogen-bond acceptors (Lipinski definition) is 1. The summed E-state index contributed by atoms with van der Waals surface area (Å²) >= 11 is 0. The molecule has 0 aliphatic heterocycles. The lowest BCUT2D eigenvalue weighted by molar-refractivity contribution is -0.119. The van der Waals surface area contributed by atoms with E-state index in [2.05, 4.69) is 17.5 Å². The Morgan fingerprint density at radius 3 is 2.60 bits per heavy atom. The quantitative estimate of drug-likeness (QED) is 0.601. The fourth-order valence-corrected chi connectivity index (χ4v) is 0.876. The maximum Gasteiger partial charge on any atom is 0.216 e. The zero-order valence-corrected chi connectivity index (χ0v) is 6.00. The number of hydrogen-bond donors (Lipinski definition) is 1. The topological polar surface area (TPSA) is 29.1 Å². The van der Waals surface area contributed by atoms with E-state index in [1.807, 2.05) is 12.2 Å². The molecule has 54 valence electrons. The molecule has 1 amide bonds. The van der Waals surface area contributed by atoms with Crippen LogP contribution in [0.5, 0.6) is 0 Å². The van der Waals surface area contributed by atoms with Gasteiger partial charge in [0.25, 0.3) is 0 Å². The van der Waals surface area contributed by atoms with Crippen LogP contribution >= 0.6 is 0 Å². The third-order valence-electron chi connectivity index (χ3n) is 1.41. The lowest BCUT2D eigenvalue weighted by atomic mass is 10.2. The van der Waals surface area contributed by atoms with E-state index in [-0.39, 0.29) is 5.91 Å². The van der Waals surface area contributed by atoms with Crippen LogP contribution in [0.2, 0.25) is 0 Å². The van der Waals surface area contributed by atoms with Gasteiger partial charge in [-0.1, -0.05) is 24.3 Å². The fraction of sp³-hybridized carbons (Fsp3) is 0.375. The van der Waals surface area contributed by atoms with Crippen molar-refractivity contribution in [2.45, 2.75) is 6.92 Å². The third kappa shape index (κ3) is 2.05. The molecule has 1 N–H and O–H groups in total. The lowest BCUT2D eigenvalue weighted by Gasteiger charge is -2.04. The van der Waals surface area contributed by atoms with Crippen molar-refractivity contribution >= 4 is 5.91 Å². The number of allylic oxidation sites excluding steroid dienone is 2. The number of carbonyl (C=O) groups excluding carboxylic acids is 1. The summed E-state index contributed by atoms with van der Waals surface area (Å²) in [4.78, 5) is 10.4. The molecule has 0 unspecified atom stereocenters. The van der Waals surface area contributed by atoms with Gasteiger partial charge in [0.05, 0.1) is 0 Å². The van der Waals surface area contributed by atoms with Crippen LogP contribution in [0.1, 0.15) is 6.92 Å². The van der Waals surface area contributed by atoms with Crippen LogP contribution in [0.15, 0.2) is 24.3 Å². The van der Waals surface area contributed by atoms with Gasteiger partial charge < -0.3 is 5.32 Å². The van der Waals surface area contributed by atoms with Crippen LogP contribution in [0.4, 0.5) is 0 Å². The molecule has 0 aromatic heterocycles. The molecular weight excluding hydrogens is 126 g/mol. The summed E-state index contributed by atoms with van der Waals surface area (Å²) in [6.07, 6.45) is 8.12. The SMILES string of the molecule is CC(=O)NCC1C=CC=C1. The minimum absolute atomic E-state index is 0.0358. The van der Waals surface area contributed by atoms with Crippen molar-refractivity contribution in [3.63, 3.8) is 0 Å². The molecule has 0 fully saturated rings. The highest BCUT2D eigenvalue weighted by Crippen LogP contribution is 2.06. The number of carbonyl (C=O) groups is 1. The zero-order valence-electron chi connectivity index (χ0n) is 6.00. The standard InChI is InChI=1S/C8H11NO/c1-7(10)9-6-8-4-2-3-5-8/h2-5,8H,6H2,1H3,(H,9,10). The molecule has 0 spiro atoms. The molecule has 0 aromatic carbocycles.